The minimum absolute atomic E-state index is 0.00559. The molecule has 1 N–H and O–H groups in total. The normalized spacial score (nSPS) is 12.4. The topological polar surface area (TPSA) is 58.6 Å². The van der Waals surface area contributed by atoms with Crippen LogP contribution >= 0.6 is 23.2 Å². The van der Waals surface area contributed by atoms with Crippen LogP contribution in [0.5, 0.6) is 5.75 Å². The number of nitrogens with zero attached hydrogens (tertiary/aromatic N) is 1. The fourth-order valence-electron chi connectivity index (χ4n) is 3.87. The summed E-state index contributed by atoms with van der Waals surface area (Å²) in [6, 6.07) is 23.6. The maximum atomic E-state index is 13.6. The quantitative estimate of drug-likeness (QED) is 0.245. The zero-order chi connectivity index (χ0) is 26.6. The van der Waals surface area contributed by atoms with E-state index in [4.69, 9.17) is 27.9 Å². The van der Waals surface area contributed by atoms with Gasteiger partial charge in [-0.2, -0.15) is 0 Å². The lowest BCUT2D eigenvalue weighted by Crippen LogP contribution is -2.52. The van der Waals surface area contributed by atoms with Crippen molar-refractivity contribution in [1.82, 2.24) is 10.2 Å². The molecule has 2 amide bonds. The van der Waals surface area contributed by atoms with Crippen molar-refractivity contribution in [3.05, 3.63) is 100 Å². The molecule has 3 rings (SSSR count). The molecule has 0 saturated heterocycles. The van der Waals surface area contributed by atoms with E-state index < -0.39 is 6.04 Å². The number of carbonyl (C=O) groups is 2. The summed E-state index contributed by atoms with van der Waals surface area (Å²) in [4.78, 5) is 28.8. The smallest absolute Gasteiger partial charge is 0.243 e. The molecule has 0 aliphatic carbocycles. The van der Waals surface area contributed by atoms with E-state index in [2.05, 4.69) is 5.32 Å². The third-order valence-corrected chi connectivity index (χ3v) is 6.66. The van der Waals surface area contributed by atoms with Gasteiger partial charge in [-0.15, -0.1) is 0 Å². The van der Waals surface area contributed by atoms with Crippen molar-refractivity contribution in [2.45, 2.75) is 58.2 Å². The molecule has 196 valence electrons. The predicted molar refractivity (Wildman–Crippen MR) is 150 cm³/mol. The molecule has 37 heavy (non-hydrogen) atoms. The van der Waals surface area contributed by atoms with Gasteiger partial charge in [-0.3, -0.25) is 9.59 Å². The van der Waals surface area contributed by atoms with Crippen molar-refractivity contribution >= 4 is 35.0 Å². The molecule has 0 aliphatic rings. The molecule has 0 heterocycles. The van der Waals surface area contributed by atoms with E-state index in [0.717, 1.165) is 17.5 Å². The fraction of sp³-hybridized carbons (Fsp3) is 0.333. The van der Waals surface area contributed by atoms with Gasteiger partial charge in [0.25, 0.3) is 0 Å². The minimum atomic E-state index is -0.656. The van der Waals surface area contributed by atoms with E-state index in [1.165, 1.54) is 0 Å². The molecule has 2 atom stereocenters. The van der Waals surface area contributed by atoms with Crippen molar-refractivity contribution in [2.24, 2.45) is 0 Å². The van der Waals surface area contributed by atoms with Gasteiger partial charge in [-0.25, -0.2) is 0 Å². The summed E-state index contributed by atoms with van der Waals surface area (Å²) in [7, 11) is 0. The lowest BCUT2D eigenvalue weighted by Gasteiger charge is -2.32. The molecule has 0 fully saturated rings. The highest BCUT2D eigenvalue weighted by Gasteiger charge is 2.30. The van der Waals surface area contributed by atoms with Crippen molar-refractivity contribution in [3.8, 4) is 5.75 Å². The molecule has 3 aromatic rings. The van der Waals surface area contributed by atoms with Crippen molar-refractivity contribution < 1.29 is 14.3 Å². The molecule has 2 unspecified atom stereocenters. The average molecular weight is 542 g/mol. The highest BCUT2D eigenvalue weighted by molar-refractivity contribution is 6.30. The Morgan fingerprint density at radius 3 is 2.14 bits per heavy atom. The van der Waals surface area contributed by atoms with Crippen molar-refractivity contribution in [1.29, 1.82) is 0 Å². The van der Waals surface area contributed by atoms with Gasteiger partial charge in [-0.1, -0.05) is 72.6 Å². The SMILES string of the molecule is CCC(C)NC(=O)C(Cc1ccccc1)N(Cc1ccc(Cl)cc1)C(=O)CCCOc1ccc(Cl)cc1. The fourth-order valence-corrected chi connectivity index (χ4v) is 4.12. The summed E-state index contributed by atoms with van der Waals surface area (Å²) in [5.41, 5.74) is 1.90. The van der Waals surface area contributed by atoms with Gasteiger partial charge < -0.3 is 15.0 Å². The highest BCUT2D eigenvalue weighted by Crippen LogP contribution is 2.19. The maximum absolute atomic E-state index is 13.6. The lowest BCUT2D eigenvalue weighted by molar-refractivity contribution is -0.141. The Bertz CT molecular complexity index is 1120. The van der Waals surface area contributed by atoms with Gasteiger partial charge in [0.1, 0.15) is 11.8 Å². The van der Waals surface area contributed by atoms with Gasteiger partial charge in [0.05, 0.1) is 6.61 Å². The van der Waals surface area contributed by atoms with Crippen molar-refractivity contribution in [3.63, 3.8) is 0 Å². The second kappa shape index (κ2) is 14.7. The van der Waals surface area contributed by atoms with E-state index in [0.29, 0.717) is 41.8 Å². The van der Waals surface area contributed by atoms with Crippen LogP contribution in [0.4, 0.5) is 0 Å². The maximum Gasteiger partial charge on any atom is 0.243 e. The monoisotopic (exact) mass is 540 g/mol. The summed E-state index contributed by atoms with van der Waals surface area (Å²) >= 11 is 12.0. The molecular weight excluding hydrogens is 507 g/mol. The Labute approximate surface area is 229 Å². The standard InChI is InChI=1S/C30H34Cl2N2O3/c1-3-22(2)33-30(36)28(20-23-8-5-4-6-9-23)34(21-24-11-13-25(31)14-12-24)29(35)10-7-19-37-27-17-15-26(32)16-18-27/h4-6,8-9,11-18,22,28H,3,7,10,19-21H2,1-2H3,(H,33,36). The molecule has 0 bridgehead atoms. The van der Waals surface area contributed by atoms with Crippen LogP contribution in [0.2, 0.25) is 10.0 Å². The molecule has 3 aromatic carbocycles. The number of amides is 2. The molecule has 7 heteroatoms. The third kappa shape index (κ3) is 9.42. The molecule has 0 aliphatic heterocycles. The Morgan fingerprint density at radius 1 is 0.892 bits per heavy atom. The number of hydrogen-bond donors (Lipinski definition) is 1. The summed E-state index contributed by atoms with van der Waals surface area (Å²) in [6.07, 6.45) is 1.99. The summed E-state index contributed by atoms with van der Waals surface area (Å²) in [6.45, 7) is 4.68. The molecule has 0 spiro atoms. The van der Waals surface area contributed by atoms with Gasteiger partial charge in [0.2, 0.25) is 11.8 Å². The number of carbonyl (C=O) groups excluding carboxylic acids is 2. The first kappa shape index (κ1) is 28.5. The molecule has 0 radical (unpaired) electrons. The average Bonchev–Trinajstić information content (AvgIpc) is 2.91. The van der Waals surface area contributed by atoms with Gasteiger partial charge in [0, 0.05) is 35.5 Å². The first-order chi connectivity index (χ1) is 17.9. The zero-order valence-electron chi connectivity index (χ0n) is 21.3. The molecular formula is C30H34Cl2N2O3. The van der Waals surface area contributed by atoms with Crippen LogP contribution in [0.25, 0.3) is 0 Å². The van der Waals surface area contributed by atoms with E-state index in [1.807, 2.05) is 56.3 Å². The first-order valence-corrected chi connectivity index (χ1v) is 13.4. The van der Waals surface area contributed by atoms with Gasteiger partial charge in [-0.05, 0) is 67.3 Å². The van der Waals surface area contributed by atoms with E-state index in [-0.39, 0.29) is 24.3 Å². The van der Waals surface area contributed by atoms with E-state index >= 15 is 0 Å². The second-order valence-corrected chi connectivity index (χ2v) is 9.95. The number of benzene rings is 3. The largest absolute Gasteiger partial charge is 0.494 e. The number of rotatable bonds is 13. The Hall–Kier alpha value is -3.02. The number of hydrogen-bond acceptors (Lipinski definition) is 3. The number of nitrogens with one attached hydrogen (secondary N) is 1. The second-order valence-electron chi connectivity index (χ2n) is 9.08. The van der Waals surface area contributed by atoms with Crippen LogP contribution in [-0.2, 0) is 22.6 Å². The van der Waals surface area contributed by atoms with Crippen LogP contribution in [-0.4, -0.2) is 35.4 Å². The molecule has 0 aromatic heterocycles. The Balaban J connectivity index is 1.78. The van der Waals surface area contributed by atoms with Crippen LogP contribution in [0.1, 0.15) is 44.2 Å². The van der Waals surface area contributed by atoms with Gasteiger partial charge >= 0.3 is 0 Å². The van der Waals surface area contributed by atoms with E-state index in [1.54, 1.807) is 41.3 Å². The van der Waals surface area contributed by atoms with Crippen LogP contribution in [0, 0.1) is 0 Å². The first-order valence-electron chi connectivity index (χ1n) is 12.6. The lowest BCUT2D eigenvalue weighted by atomic mass is 10.0. The number of ether oxygens (including phenoxy) is 1. The third-order valence-electron chi connectivity index (χ3n) is 6.16. The number of halogens is 2. The van der Waals surface area contributed by atoms with Gasteiger partial charge in [0.15, 0.2) is 0 Å². The summed E-state index contributed by atoms with van der Waals surface area (Å²) < 4.78 is 5.77. The zero-order valence-corrected chi connectivity index (χ0v) is 22.8. The summed E-state index contributed by atoms with van der Waals surface area (Å²) in [5.74, 6) is 0.442. The summed E-state index contributed by atoms with van der Waals surface area (Å²) in [5, 5.41) is 4.34. The molecule has 0 saturated carbocycles. The van der Waals surface area contributed by atoms with Crippen LogP contribution < -0.4 is 10.1 Å². The van der Waals surface area contributed by atoms with E-state index in [9.17, 15) is 9.59 Å². The predicted octanol–water partition coefficient (Wildman–Crippen LogP) is 6.71. The van der Waals surface area contributed by atoms with Crippen LogP contribution in [0.3, 0.4) is 0 Å². The molecule has 5 nitrogen and oxygen atoms in total. The Morgan fingerprint density at radius 2 is 1.51 bits per heavy atom. The Kier molecular flexibility index (Phi) is 11.3. The van der Waals surface area contributed by atoms with Crippen LogP contribution in [0.15, 0.2) is 78.9 Å². The minimum Gasteiger partial charge on any atom is -0.494 e. The van der Waals surface area contributed by atoms with Crippen molar-refractivity contribution in [2.75, 3.05) is 6.61 Å². The highest BCUT2D eigenvalue weighted by atomic mass is 35.5.